The monoisotopic (exact) mass is 418 g/mol. The third-order valence-corrected chi connectivity index (χ3v) is 6.59. The summed E-state index contributed by atoms with van der Waals surface area (Å²) in [5, 5.41) is 2.98. The van der Waals surface area contributed by atoms with Crippen LogP contribution in [-0.4, -0.2) is 58.0 Å². The molecule has 0 aromatic heterocycles. The Kier molecular flexibility index (Phi) is 6.76. The van der Waals surface area contributed by atoms with Crippen molar-refractivity contribution in [1.29, 1.82) is 0 Å². The van der Waals surface area contributed by atoms with Gasteiger partial charge in [0.15, 0.2) is 9.84 Å². The number of carbonyl (C=O) groups is 1. The molecule has 2 aromatic rings. The van der Waals surface area contributed by atoms with Gasteiger partial charge in [-0.3, -0.25) is 9.69 Å². The zero-order valence-corrected chi connectivity index (χ0v) is 17.4. The molecule has 0 saturated carbocycles. The van der Waals surface area contributed by atoms with Crippen LogP contribution in [0.15, 0.2) is 48.5 Å². The number of ether oxygens (including phenoxy) is 2. The molecule has 1 fully saturated rings. The Morgan fingerprint density at radius 1 is 1.03 bits per heavy atom. The first kappa shape index (κ1) is 21.1. The van der Waals surface area contributed by atoms with Crippen molar-refractivity contribution in [2.75, 3.05) is 38.8 Å². The van der Waals surface area contributed by atoms with Gasteiger partial charge in [-0.2, -0.15) is 0 Å². The average Bonchev–Trinajstić information content (AvgIpc) is 2.74. The van der Waals surface area contributed by atoms with Crippen LogP contribution in [0.4, 0.5) is 0 Å². The Morgan fingerprint density at radius 2 is 1.62 bits per heavy atom. The number of rotatable bonds is 7. The van der Waals surface area contributed by atoms with Gasteiger partial charge < -0.3 is 14.8 Å². The van der Waals surface area contributed by atoms with Crippen LogP contribution in [0.2, 0.25) is 0 Å². The second-order valence-electron chi connectivity index (χ2n) is 6.94. The molecular formula is C21H26N2O5S. The number of carbonyl (C=O) groups excluding carboxylic acids is 1. The van der Waals surface area contributed by atoms with Crippen LogP contribution in [0.3, 0.4) is 0 Å². The van der Waals surface area contributed by atoms with Crippen LogP contribution in [0.25, 0.3) is 0 Å². The molecule has 2 aromatic carbocycles. The summed E-state index contributed by atoms with van der Waals surface area (Å²) in [6.07, 6.45) is 0. The van der Waals surface area contributed by atoms with Crippen molar-refractivity contribution in [3.63, 3.8) is 0 Å². The summed E-state index contributed by atoms with van der Waals surface area (Å²) in [7, 11) is 0.124. The predicted molar refractivity (Wildman–Crippen MR) is 111 cm³/mol. The number of sulfone groups is 1. The number of nitrogens with zero attached hydrogens (tertiary/aromatic N) is 1. The molecule has 1 heterocycles. The van der Waals surface area contributed by atoms with Crippen molar-refractivity contribution in [1.82, 2.24) is 10.2 Å². The molecule has 1 aliphatic rings. The van der Waals surface area contributed by atoms with Gasteiger partial charge in [0.25, 0.3) is 0 Å². The summed E-state index contributed by atoms with van der Waals surface area (Å²) in [6.45, 7) is 0.979. The number of methoxy groups -OCH3 is 2. The summed E-state index contributed by atoms with van der Waals surface area (Å²) in [5.41, 5.74) is 1.69. The maximum absolute atomic E-state index is 13.1. The molecule has 0 bridgehead atoms. The molecule has 1 unspecified atom stereocenters. The number of nitrogens with one attached hydrogen (secondary N) is 1. The number of hydrogen-bond acceptors (Lipinski definition) is 6. The zero-order chi connectivity index (χ0) is 20.9. The van der Waals surface area contributed by atoms with Gasteiger partial charge >= 0.3 is 0 Å². The average molecular weight is 419 g/mol. The van der Waals surface area contributed by atoms with Crippen LogP contribution in [0, 0.1) is 0 Å². The SMILES string of the molecule is COc1cc(CNC(=O)C(c2ccccc2)N2CCS(=O)(=O)CC2)cc(OC)c1. The van der Waals surface area contributed by atoms with Crippen molar-refractivity contribution < 1.29 is 22.7 Å². The number of amides is 1. The highest BCUT2D eigenvalue weighted by molar-refractivity contribution is 7.91. The quantitative estimate of drug-likeness (QED) is 0.738. The lowest BCUT2D eigenvalue weighted by atomic mass is 10.0. The van der Waals surface area contributed by atoms with Crippen LogP contribution in [0.5, 0.6) is 11.5 Å². The van der Waals surface area contributed by atoms with E-state index in [0.717, 1.165) is 11.1 Å². The summed E-state index contributed by atoms with van der Waals surface area (Å²) >= 11 is 0. The molecule has 8 heteroatoms. The fourth-order valence-corrected chi connectivity index (χ4v) is 4.63. The molecule has 1 aliphatic heterocycles. The second kappa shape index (κ2) is 9.28. The van der Waals surface area contributed by atoms with E-state index in [9.17, 15) is 13.2 Å². The second-order valence-corrected chi connectivity index (χ2v) is 9.24. The number of hydrogen-bond donors (Lipinski definition) is 1. The predicted octanol–water partition coefficient (Wildman–Crippen LogP) is 1.79. The van der Waals surface area contributed by atoms with E-state index in [4.69, 9.17) is 9.47 Å². The summed E-state index contributed by atoms with van der Waals surface area (Å²) in [5.74, 6) is 1.26. The first-order valence-corrected chi connectivity index (χ1v) is 11.2. The van der Waals surface area contributed by atoms with Crippen LogP contribution in [-0.2, 0) is 21.2 Å². The van der Waals surface area contributed by atoms with E-state index in [2.05, 4.69) is 5.32 Å². The van der Waals surface area contributed by atoms with Crippen LogP contribution < -0.4 is 14.8 Å². The molecule has 1 amide bonds. The van der Waals surface area contributed by atoms with E-state index in [1.54, 1.807) is 20.3 Å². The van der Waals surface area contributed by atoms with E-state index in [1.165, 1.54) is 0 Å². The highest BCUT2D eigenvalue weighted by atomic mass is 32.2. The Balaban J connectivity index is 1.77. The Labute approximate surface area is 171 Å². The molecule has 1 atom stereocenters. The third kappa shape index (κ3) is 5.48. The molecule has 29 heavy (non-hydrogen) atoms. The van der Waals surface area contributed by atoms with Gasteiger partial charge in [0.2, 0.25) is 5.91 Å². The molecule has 156 valence electrons. The molecular weight excluding hydrogens is 392 g/mol. The summed E-state index contributed by atoms with van der Waals surface area (Å²) in [6, 6.07) is 14.3. The van der Waals surface area contributed by atoms with E-state index >= 15 is 0 Å². The lowest BCUT2D eigenvalue weighted by Crippen LogP contribution is -2.47. The topological polar surface area (TPSA) is 84.9 Å². The van der Waals surface area contributed by atoms with Crippen molar-refractivity contribution in [2.24, 2.45) is 0 Å². The van der Waals surface area contributed by atoms with E-state index < -0.39 is 15.9 Å². The van der Waals surface area contributed by atoms with Gasteiger partial charge in [-0.1, -0.05) is 30.3 Å². The molecule has 0 aliphatic carbocycles. The molecule has 7 nitrogen and oxygen atoms in total. The van der Waals surface area contributed by atoms with Gasteiger partial charge in [-0.25, -0.2) is 8.42 Å². The van der Waals surface area contributed by atoms with E-state index in [-0.39, 0.29) is 17.4 Å². The molecule has 0 radical (unpaired) electrons. The highest BCUT2D eigenvalue weighted by Crippen LogP contribution is 2.25. The highest BCUT2D eigenvalue weighted by Gasteiger charge is 2.32. The van der Waals surface area contributed by atoms with Crippen molar-refractivity contribution >= 4 is 15.7 Å². The molecule has 1 saturated heterocycles. The van der Waals surface area contributed by atoms with Crippen molar-refractivity contribution in [3.05, 3.63) is 59.7 Å². The van der Waals surface area contributed by atoms with E-state index in [1.807, 2.05) is 47.4 Å². The molecule has 3 rings (SSSR count). The van der Waals surface area contributed by atoms with Gasteiger partial charge in [0.05, 0.1) is 25.7 Å². The van der Waals surface area contributed by atoms with Crippen molar-refractivity contribution in [2.45, 2.75) is 12.6 Å². The number of benzene rings is 2. The minimum atomic E-state index is -3.03. The maximum atomic E-state index is 13.1. The minimum Gasteiger partial charge on any atom is -0.497 e. The van der Waals surface area contributed by atoms with Gasteiger partial charge in [-0.15, -0.1) is 0 Å². The standard InChI is InChI=1S/C21H26N2O5S/c1-27-18-12-16(13-19(14-18)28-2)15-22-21(24)20(17-6-4-3-5-7-17)23-8-10-29(25,26)11-9-23/h3-7,12-14,20H,8-11,15H2,1-2H3,(H,22,24). The molecule has 0 spiro atoms. The summed E-state index contributed by atoms with van der Waals surface area (Å²) in [4.78, 5) is 15.1. The fourth-order valence-electron chi connectivity index (χ4n) is 3.40. The van der Waals surface area contributed by atoms with Crippen LogP contribution in [0.1, 0.15) is 17.2 Å². The van der Waals surface area contributed by atoms with E-state index in [0.29, 0.717) is 31.1 Å². The minimum absolute atomic E-state index is 0.0662. The summed E-state index contributed by atoms with van der Waals surface area (Å²) < 4.78 is 34.2. The lowest BCUT2D eigenvalue weighted by molar-refractivity contribution is -0.126. The molecule has 1 N–H and O–H groups in total. The lowest BCUT2D eigenvalue weighted by Gasteiger charge is -2.33. The first-order valence-electron chi connectivity index (χ1n) is 9.41. The third-order valence-electron chi connectivity index (χ3n) is 4.99. The van der Waals surface area contributed by atoms with Crippen molar-refractivity contribution in [3.8, 4) is 11.5 Å². The normalized spacial score (nSPS) is 17.3. The van der Waals surface area contributed by atoms with Gasteiger partial charge in [-0.05, 0) is 23.3 Å². The fraction of sp³-hybridized carbons (Fsp3) is 0.381. The van der Waals surface area contributed by atoms with Gasteiger partial charge in [0, 0.05) is 25.7 Å². The first-order chi connectivity index (χ1) is 13.9. The van der Waals surface area contributed by atoms with Crippen LogP contribution >= 0.6 is 0 Å². The zero-order valence-electron chi connectivity index (χ0n) is 16.6. The largest absolute Gasteiger partial charge is 0.497 e. The maximum Gasteiger partial charge on any atom is 0.242 e. The van der Waals surface area contributed by atoms with Gasteiger partial charge in [0.1, 0.15) is 17.5 Å². The Hall–Kier alpha value is -2.58. The smallest absolute Gasteiger partial charge is 0.242 e. The Morgan fingerprint density at radius 3 is 2.17 bits per heavy atom. The Bertz CT molecular complexity index is 911.